The fraction of sp³-hybridized carbons (Fsp3) is 0.647. The quantitative estimate of drug-likeness (QED) is 0.705. The van der Waals surface area contributed by atoms with Gasteiger partial charge in [0.05, 0.1) is 0 Å². The van der Waals surface area contributed by atoms with Crippen molar-refractivity contribution in [3.8, 4) is 0 Å². The van der Waals surface area contributed by atoms with Gasteiger partial charge in [-0.2, -0.15) is 0 Å². The van der Waals surface area contributed by atoms with Crippen LogP contribution in [0.4, 0.5) is 0 Å². The molecule has 0 saturated heterocycles. The van der Waals surface area contributed by atoms with E-state index in [0.29, 0.717) is 11.3 Å². The molecule has 0 saturated carbocycles. The summed E-state index contributed by atoms with van der Waals surface area (Å²) in [5.74, 6) is 0.717. The highest BCUT2D eigenvalue weighted by Crippen LogP contribution is 2.30. The maximum atomic E-state index is 3.67. The van der Waals surface area contributed by atoms with E-state index in [4.69, 9.17) is 0 Å². The van der Waals surface area contributed by atoms with Crippen LogP contribution in [0, 0.1) is 11.3 Å². The van der Waals surface area contributed by atoms with Crippen LogP contribution in [-0.2, 0) is 6.42 Å². The van der Waals surface area contributed by atoms with Crippen LogP contribution in [0.25, 0.3) is 0 Å². The van der Waals surface area contributed by atoms with Crippen LogP contribution in [0.15, 0.2) is 28.7 Å². The van der Waals surface area contributed by atoms with Gasteiger partial charge < -0.3 is 5.32 Å². The van der Waals surface area contributed by atoms with Crippen LogP contribution >= 0.6 is 15.9 Å². The molecule has 0 spiro atoms. The summed E-state index contributed by atoms with van der Waals surface area (Å²) in [6, 6.07) is 8.60. The summed E-state index contributed by atoms with van der Waals surface area (Å²) in [5.41, 5.74) is 1.76. The molecule has 0 fully saturated rings. The molecule has 1 aromatic rings. The maximum absolute atomic E-state index is 3.67. The average molecular weight is 326 g/mol. The van der Waals surface area contributed by atoms with Crippen molar-refractivity contribution < 1.29 is 0 Å². The average Bonchev–Trinajstić information content (AvgIpc) is 2.32. The molecule has 0 aliphatic carbocycles. The van der Waals surface area contributed by atoms with Crippen molar-refractivity contribution in [1.82, 2.24) is 5.32 Å². The van der Waals surface area contributed by atoms with E-state index >= 15 is 0 Å². The third kappa shape index (κ3) is 6.09. The Kier molecular flexibility index (Phi) is 7.09. The monoisotopic (exact) mass is 325 g/mol. The van der Waals surface area contributed by atoms with Gasteiger partial charge in [-0.3, -0.25) is 0 Å². The standard InChI is InChI=1S/C17H28BrN/c1-5-10-17(4,13-19-12-14(2)3)11-15-8-6-7-9-16(15)18/h6-9,14,19H,5,10-13H2,1-4H3. The lowest BCUT2D eigenvalue weighted by Crippen LogP contribution is -2.35. The fourth-order valence-electron chi connectivity index (χ4n) is 2.61. The predicted molar refractivity (Wildman–Crippen MR) is 88.6 cm³/mol. The third-order valence-corrected chi connectivity index (χ3v) is 4.31. The van der Waals surface area contributed by atoms with E-state index in [0.717, 1.165) is 19.5 Å². The van der Waals surface area contributed by atoms with E-state index in [2.05, 4.69) is 73.2 Å². The summed E-state index contributed by atoms with van der Waals surface area (Å²) >= 11 is 3.67. The first kappa shape index (κ1) is 16.7. The lowest BCUT2D eigenvalue weighted by atomic mass is 9.79. The van der Waals surface area contributed by atoms with E-state index in [1.54, 1.807) is 0 Å². The lowest BCUT2D eigenvalue weighted by Gasteiger charge is -2.31. The molecule has 108 valence electrons. The van der Waals surface area contributed by atoms with Crippen LogP contribution in [0.3, 0.4) is 0 Å². The number of halogens is 1. The van der Waals surface area contributed by atoms with Gasteiger partial charge >= 0.3 is 0 Å². The molecule has 1 atom stereocenters. The molecular formula is C17H28BrN. The zero-order chi connectivity index (χ0) is 14.3. The van der Waals surface area contributed by atoms with Gasteiger partial charge in [-0.15, -0.1) is 0 Å². The topological polar surface area (TPSA) is 12.0 Å². The van der Waals surface area contributed by atoms with Crippen molar-refractivity contribution >= 4 is 15.9 Å². The predicted octanol–water partition coefficient (Wildman–Crippen LogP) is 5.04. The smallest absolute Gasteiger partial charge is 0.0207 e. The van der Waals surface area contributed by atoms with E-state index < -0.39 is 0 Å². The van der Waals surface area contributed by atoms with Crippen molar-refractivity contribution in [3.05, 3.63) is 34.3 Å². The Morgan fingerprint density at radius 3 is 2.53 bits per heavy atom. The van der Waals surface area contributed by atoms with Crippen molar-refractivity contribution in [3.63, 3.8) is 0 Å². The van der Waals surface area contributed by atoms with E-state index in [-0.39, 0.29) is 0 Å². The highest BCUT2D eigenvalue weighted by atomic mass is 79.9. The Balaban J connectivity index is 2.67. The maximum Gasteiger partial charge on any atom is 0.0207 e. The van der Waals surface area contributed by atoms with Gasteiger partial charge in [0, 0.05) is 11.0 Å². The van der Waals surface area contributed by atoms with Gasteiger partial charge in [-0.05, 0) is 42.3 Å². The Morgan fingerprint density at radius 1 is 1.26 bits per heavy atom. The highest BCUT2D eigenvalue weighted by Gasteiger charge is 2.24. The van der Waals surface area contributed by atoms with Crippen molar-refractivity contribution in [2.75, 3.05) is 13.1 Å². The van der Waals surface area contributed by atoms with Crippen LogP contribution in [0.2, 0.25) is 0 Å². The normalized spacial score (nSPS) is 14.6. The summed E-state index contributed by atoms with van der Waals surface area (Å²) in [6.07, 6.45) is 3.64. The fourth-order valence-corrected chi connectivity index (χ4v) is 3.03. The van der Waals surface area contributed by atoms with Crippen LogP contribution in [0.5, 0.6) is 0 Å². The molecule has 0 bridgehead atoms. The van der Waals surface area contributed by atoms with Gasteiger partial charge in [0.15, 0.2) is 0 Å². The molecule has 0 radical (unpaired) electrons. The molecule has 19 heavy (non-hydrogen) atoms. The zero-order valence-electron chi connectivity index (χ0n) is 12.8. The molecule has 0 aliphatic rings. The second-order valence-electron chi connectivity index (χ2n) is 6.35. The Labute approximate surface area is 127 Å². The molecular weight excluding hydrogens is 298 g/mol. The lowest BCUT2D eigenvalue weighted by molar-refractivity contribution is 0.270. The molecule has 0 aromatic heterocycles. The summed E-state index contributed by atoms with van der Waals surface area (Å²) in [7, 11) is 0. The van der Waals surface area contributed by atoms with Crippen LogP contribution < -0.4 is 5.32 Å². The number of benzene rings is 1. The second kappa shape index (κ2) is 8.06. The second-order valence-corrected chi connectivity index (χ2v) is 7.21. The minimum absolute atomic E-state index is 0.341. The minimum Gasteiger partial charge on any atom is -0.316 e. The molecule has 1 aromatic carbocycles. The van der Waals surface area contributed by atoms with Crippen molar-refractivity contribution in [1.29, 1.82) is 0 Å². The van der Waals surface area contributed by atoms with Gasteiger partial charge in [0.25, 0.3) is 0 Å². The first-order valence-corrected chi connectivity index (χ1v) is 8.20. The summed E-state index contributed by atoms with van der Waals surface area (Å²) in [6.45, 7) is 11.4. The molecule has 1 rings (SSSR count). The first-order chi connectivity index (χ1) is 8.97. The van der Waals surface area contributed by atoms with Gasteiger partial charge in [-0.1, -0.05) is 68.2 Å². The van der Waals surface area contributed by atoms with Gasteiger partial charge in [0.2, 0.25) is 0 Å². The molecule has 1 unspecified atom stereocenters. The zero-order valence-corrected chi connectivity index (χ0v) is 14.4. The minimum atomic E-state index is 0.341. The van der Waals surface area contributed by atoms with Crippen LogP contribution in [0.1, 0.15) is 46.1 Å². The Hall–Kier alpha value is -0.340. The molecule has 2 heteroatoms. The third-order valence-electron chi connectivity index (χ3n) is 3.53. The Morgan fingerprint density at radius 2 is 1.95 bits per heavy atom. The van der Waals surface area contributed by atoms with E-state index in [1.807, 2.05) is 0 Å². The number of hydrogen-bond acceptors (Lipinski definition) is 1. The molecule has 1 N–H and O–H groups in total. The van der Waals surface area contributed by atoms with E-state index in [9.17, 15) is 0 Å². The van der Waals surface area contributed by atoms with E-state index in [1.165, 1.54) is 22.9 Å². The SMILES string of the molecule is CCCC(C)(CNCC(C)C)Cc1ccccc1Br. The van der Waals surface area contributed by atoms with Gasteiger partial charge in [0.1, 0.15) is 0 Å². The highest BCUT2D eigenvalue weighted by molar-refractivity contribution is 9.10. The number of rotatable bonds is 8. The van der Waals surface area contributed by atoms with Gasteiger partial charge in [-0.25, -0.2) is 0 Å². The molecule has 0 aliphatic heterocycles. The summed E-state index contributed by atoms with van der Waals surface area (Å²) in [5, 5.41) is 3.63. The van der Waals surface area contributed by atoms with Crippen molar-refractivity contribution in [2.24, 2.45) is 11.3 Å². The Bertz CT molecular complexity index is 375. The van der Waals surface area contributed by atoms with Crippen molar-refractivity contribution in [2.45, 2.75) is 47.0 Å². The molecule has 0 heterocycles. The first-order valence-electron chi connectivity index (χ1n) is 7.41. The molecule has 1 nitrogen and oxygen atoms in total. The number of nitrogens with one attached hydrogen (secondary N) is 1. The van der Waals surface area contributed by atoms with Crippen LogP contribution in [-0.4, -0.2) is 13.1 Å². The summed E-state index contributed by atoms with van der Waals surface area (Å²) < 4.78 is 1.24. The number of hydrogen-bond donors (Lipinski definition) is 1. The summed E-state index contributed by atoms with van der Waals surface area (Å²) in [4.78, 5) is 0. The largest absolute Gasteiger partial charge is 0.316 e. The molecule has 0 amide bonds.